The van der Waals surface area contributed by atoms with Crippen molar-refractivity contribution < 1.29 is 21.6 Å². The van der Waals surface area contributed by atoms with E-state index in [1.54, 1.807) is 24.3 Å². The zero-order valence-corrected chi connectivity index (χ0v) is 18.3. The molecule has 0 amide bonds. The summed E-state index contributed by atoms with van der Waals surface area (Å²) in [7, 11) is -6.98. The lowest BCUT2D eigenvalue weighted by atomic mass is 10.2. The van der Waals surface area contributed by atoms with Crippen molar-refractivity contribution in [3.05, 3.63) is 60.2 Å². The summed E-state index contributed by atoms with van der Waals surface area (Å²) in [6, 6.07) is 15.4. The van der Waals surface area contributed by atoms with Gasteiger partial charge in [0.15, 0.2) is 9.84 Å². The summed E-state index contributed by atoms with van der Waals surface area (Å²) in [6.45, 7) is 4.21. The van der Waals surface area contributed by atoms with E-state index in [9.17, 15) is 16.8 Å². The normalized spacial score (nSPS) is 16.8. The summed E-state index contributed by atoms with van der Waals surface area (Å²) < 4.78 is 58.2. The molecule has 0 unspecified atom stereocenters. The van der Waals surface area contributed by atoms with E-state index in [1.807, 2.05) is 32.0 Å². The first-order chi connectivity index (χ1) is 13.7. The van der Waals surface area contributed by atoms with Crippen LogP contribution < -0.4 is 4.74 Å². The smallest absolute Gasteiger partial charge is 0.243 e. The first-order valence-electron chi connectivity index (χ1n) is 9.71. The largest absolute Gasteiger partial charge is 0.491 e. The molecule has 1 aliphatic heterocycles. The Kier molecular flexibility index (Phi) is 6.65. The molecule has 29 heavy (non-hydrogen) atoms. The van der Waals surface area contributed by atoms with E-state index < -0.39 is 25.1 Å². The van der Waals surface area contributed by atoms with Crippen LogP contribution in [0.5, 0.6) is 5.75 Å². The maximum atomic E-state index is 12.9. The lowest BCUT2D eigenvalue weighted by molar-refractivity contribution is 0.242. The van der Waals surface area contributed by atoms with E-state index in [0.717, 1.165) is 5.56 Å². The van der Waals surface area contributed by atoms with Gasteiger partial charge in [-0.15, -0.1) is 0 Å². The van der Waals surface area contributed by atoms with Crippen molar-refractivity contribution in [2.24, 2.45) is 0 Å². The number of nitrogens with zero attached hydrogens (tertiary/aromatic N) is 1. The fourth-order valence-electron chi connectivity index (χ4n) is 3.47. The molecule has 8 heteroatoms. The van der Waals surface area contributed by atoms with Gasteiger partial charge in [-0.05, 0) is 56.5 Å². The second-order valence-corrected chi connectivity index (χ2v) is 11.8. The predicted molar refractivity (Wildman–Crippen MR) is 113 cm³/mol. The average molecular weight is 438 g/mol. The molecular formula is C21H27NO5S2. The van der Waals surface area contributed by atoms with Crippen LogP contribution in [0.15, 0.2) is 59.5 Å². The predicted octanol–water partition coefficient (Wildman–Crippen LogP) is 3.24. The van der Waals surface area contributed by atoms with Crippen LogP contribution in [0, 0.1) is 0 Å². The van der Waals surface area contributed by atoms with Crippen LogP contribution in [0.1, 0.15) is 32.3 Å². The molecule has 0 bridgehead atoms. The Labute approximate surface area is 173 Å². The highest BCUT2D eigenvalue weighted by molar-refractivity contribution is 7.91. The van der Waals surface area contributed by atoms with E-state index in [2.05, 4.69) is 0 Å². The van der Waals surface area contributed by atoms with E-state index in [4.69, 9.17) is 4.74 Å². The van der Waals surface area contributed by atoms with Crippen LogP contribution in [0.3, 0.4) is 0 Å². The van der Waals surface area contributed by atoms with E-state index in [0.29, 0.717) is 18.6 Å². The van der Waals surface area contributed by atoms with Crippen molar-refractivity contribution in [3.8, 4) is 5.75 Å². The fraction of sp³-hybridized carbons (Fsp3) is 0.429. The molecule has 0 N–H and O–H groups in total. The quantitative estimate of drug-likeness (QED) is 0.664. The van der Waals surface area contributed by atoms with Gasteiger partial charge in [-0.3, -0.25) is 0 Å². The summed E-state index contributed by atoms with van der Waals surface area (Å²) in [6.07, 6.45) is 0.626. The average Bonchev–Trinajstić information content (AvgIpc) is 2.68. The van der Waals surface area contributed by atoms with Crippen molar-refractivity contribution in [1.29, 1.82) is 0 Å². The second kappa shape index (κ2) is 8.85. The molecule has 158 valence electrons. The third kappa shape index (κ3) is 5.38. The molecule has 3 rings (SSSR count). The van der Waals surface area contributed by atoms with Crippen LogP contribution in [-0.4, -0.2) is 45.6 Å². The summed E-state index contributed by atoms with van der Waals surface area (Å²) in [5, 5.41) is -0.518. The summed E-state index contributed by atoms with van der Waals surface area (Å²) in [4.78, 5) is 0.194. The third-order valence-corrected chi connectivity index (χ3v) is 9.09. The molecule has 0 spiro atoms. The molecule has 0 atom stereocenters. The second-order valence-electron chi connectivity index (χ2n) is 7.53. The van der Waals surface area contributed by atoms with E-state index in [-0.39, 0.29) is 29.8 Å². The Hall–Kier alpha value is -1.90. The van der Waals surface area contributed by atoms with Gasteiger partial charge in [0.05, 0.1) is 22.0 Å². The number of hydrogen-bond acceptors (Lipinski definition) is 5. The van der Waals surface area contributed by atoms with Gasteiger partial charge in [-0.2, -0.15) is 4.31 Å². The maximum absolute atomic E-state index is 12.9. The minimum Gasteiger partial charge on any atom is -0.491 e. The third-order valence-electron chi connectivity index (χ3n) is 4.95. The van der Waals surface area contributed by atoms with Crippen LogP contribution in [0.4, 0.5) is 0 Å². The number of benzene rings is 2. The number of sulfone groups is 1. The topological polar surface area (TPSA) is 80.8 Å². The minimum atomic E-state index is -3.65. The van der Waals surface area contributed by atoms with Crippen molar-refractivity contribution in [3.63, 3.8) is 0 Å². The van der Waals surface area contributed by atoms with Crippen LogP contribution in [0.25, 0.3) is 0 Å². The summed E-state index contributed by atoms with van der Waals surface area (Å²) >= 11 is 0. The molecule has 1 heterocycles. The van der Waals surface area contributed by atoms with Crippen molar-refractivity contribution in [2.45, 2.75) is 48.7 Å². The van der Waals surface area contributed by atoms with E-state index >= 15 is 0 Å². The molecule has 1 saturated heterocycles. The molecule has 0 saturated carbocycles. The number of ether oxygens (including phenoxy) is 1. The van der Waals surface area contributed by atoms with Gasteiger partial charge in [0.25, 0.3) is 0 Å². The monoisotopic (exact) mass is 437 g/mol. The Bertz CT molecular complexity index is 1010. The molecule has 1 fully saturated rings. The SMILES string of the molecule is CC(C)Oc1ccc(S(=O)(=O)N2CCC(S(=O)(=O)Cc3ccccc3)CC2)cc1. The van der Waals surface area contributed by atoms with Crippen molar-refractivity contribution in [2.75, 3.05) is 13.1 Å². The first kappa shape index (κ1) is 21.8. The Morgan fingerprint density at radius 2 is 1.52 bits per heavy atom. The van der Waals surface area contributed by atoms with Gasteiger partial charge in [0.2, 0.25) is 10.0 Å². The molecule has 6 nitrogen and oxygen atoms in total. The lowest BCUT2D eigenvalue weighted by Crippen LogP contribution is -2.42. The molecule has 2 aromatic carbocycles. The molecule has 1 aliphatic rings. The Morgan fingerprint density at radius 3 is 2.07 bits per heavy atom. The van der Waals surface area contributed by atoms with Gasteiger partial charge < -0.3 is 4.74 Å². The number of rotatable bonds is 7. The molecule has 0 radical (unpaired) electrons. The van der Waals surface area contributed by atoms with Gasteiger partial charge in [-0.25, -0.2) is 16.8 Å². The number of piperidine rings is 1. The van der Waals surface area contributed by atoms with Gasteiger partial charge >= 0.3 is 0 Å². The number of hydrogen-bond donors (Lipinski definition) is 0. The lowest BCUT2D eigenvalue weighted by Gasteiger charge is -2.31. The Balaban J connectivity index is 1.65. The zero-order valence-electron chi connectivity index (χ0n) is 16.7. The first-order valence-corrected chi connectivity index (χ1v) is 12.9. The standard InChI is InChI=1S/C21H27NO5S2/c1-17(2)27-19-8-10-21(11-9-19)29(25,26)22-14-12-20(13-15-22)28(23,24)16-18-6-4-3-5-7-18/h3-11,17,20H,12-16H2,1-2H3. The van der Waals surface area contributed by atoms with Crippen LogP contribution in [-0.2, 0) is 25.6 Å². The maximum Gasteiger partial charge on any atom is 0.243 e. The van der Waals surface area contributed by atoms with Gasteiger partial charge in [0, 0.05) is 13.1 Å². The Morgan fingerprint density at radius 1 is 0.931 bits per heavy atom. The minimum absolute atomic E-state index is 0.00863. The molecular weight excluding hydrogens is 410 g/mol. The number of sulfonamides is 1. The van der Waals surface area contributed by atoms with Gasteiger partial charge in [-0.1, -0.05) is 30.3 Å². The summed E-state index contributed by atoms with van der Waals surface area (Å²) in [5.74, 6) is 0.604. The van der Waals surface area contributed by atoms with Crippen LogP contribution in [0.2, 0.25) is 0 Å². The zero-order chi connectivity index (χ0) is 21.1. The highest BCUT2D eigenvalue weighted by Crippen LogP contribution is 2.27. The van der Waals surface area contributed by atoms with Crippen molar-refractivity contribution in [1.82, 2.24) is 4.31 Å². The molecule has 0 aromatic heterocycles. The van der Waals surface area contributed by atoms with Gasteiger partial charge in [0.1, 0.15) is 5.75 Å². The fourth-order valence-corrected chi connectivity index (χ4v) is 6.76. The highest BCUT2D eigenvalue weighted by Gasteiger charge is 2.34. The van der Waals surface area contributed by atoms with Crippen LogP contribution >= 0.6 is 0 Å². The summed E-state index contributed by atoms with van der Waals surface area (Å²) in [5.41, 5.74) is 0.756. The van der Waals surface area contributed by atoms with E-state index in [1.165, 1.54) is 16.4 Å². The highest BCUT2D eigenvalue weighted by atomic mass is 32.2. The molecule has 2 aromatic rings. The van der Waals surface area contributed by atoms with Crippen molar-refractivity contribution >= 4 is 19.9 Å². The molecule has 0 aliphatic carbocycles.